The first-order chi connectivity index (χ1) is 8.45. The highest BCUT2D eigenvalue weighted by atomic mass is 15.2. The molecule has 1 saturated heterocycles. The van der Waals surface area contributed by atoms with Gasteiger partial charge in [0.25, 0.3) is 0 Å². The Morgan fingerprint density at radius 3 is 3.00 bits per heavy atom. The van der Waals surface area contributed by atoms with E-state index >= 15 is 0 Å². The van der Waals surface area contributed by atoms with E-state index in [2.05, 4.69) is 39.5 Å². The zero-order chi connectivity index (χ0) is 11.5. The van der Waals surface area contributed by atoms with E-state index in [0.717, 1.165) is 26.2 Å². The maximum Gasteiger partial charge on any atom is 0.0632 e. The highest BCUT2D eigenvalue weighted by Crippen LogP contribution is 2.25. The fourth-order valence-corrected chi connectivity index (χ4v) is 2.44. The van der Waals surface area contributed by atoms with Crippen molar-refractivity contribution in [3.8, 4) is 0 Å². The molecule has 0 amide bonds. The van der Waals surface area contributed by atoms with Crippen LogP contribution in [-0.2, 0) is 0 Å². The molecule has 17 heavy (non-hydrogen) atoms. The van der Waals surface area contributed by atoms with Crippen LogP contribution in [0.15, 0.2) is 36.7 Å². The molecule has 2 heterocycles. The molecule has 3 rings (SSSR count). The summed E-state index contributed by atoms with van der Waals surface area (Å²) in [5.41, 5.74) is 1.27. The van der Waals surface area contributed by atoms with Crippen molar-refractivity contribution in [1.82, 2.24) is 10.3 Å². The molecule has 2 aromatic rings. The molecule has 1 aromatic carbocycles. The van der Waals surface area contributed by atoms with E-state index in [1.807, 2.05) is 12.4 Å². The molecule has 1 aliphatic rings. The lowest BCUT2D eigenvalue weighted by Gasteiger charge is -2.23. The molecule has 0 saturated carbocycles. The van der Waals surface area contributed by atoms with E-state index in [-0.39, 0.29) is 0 Å². The molecule has 0 bridgehead atoms. The smallest absolute Gasteiger partial charge is 0.0632 e. The second kappa shape index (κ2) is 4.72. The van der Waals surface area contributed by atoms with Gasteiger partial charge in [0.2, 0.25) is 0 Å². The summed E-state index contributed by atoms with van der Waals surface area (Å²) in [5, 5.41) is 5.97. The Morgan fingerprint density at radius 2 is 2.00 bits per heavy atom. The molecule has 88 valence electrons. The normalized spacial score (nSPS) is 17.1. The van der Waals surface area contributed by atoms with Gasteiger partial charge in [-0.2, -0.15) is 0 Å². The predicted octanol–water partition coefficient (Wildman–Crippen LogP) is 2.03. The van der Waals surface area contributed by atoms with Gasteiger partial charge in [-0.25, -0.2) is 0 Å². The third kappa shape index (κ3) is 2.11. The number of hydrogen-bond donors (Lipinski definition) is 1. The zero-order valence-corrected chi connectivity index (χ0v) is 9.89. The van der Waals surface area contributed by atoms with Crippen LogP contribution in [0.5, 0.6) is 0 Å². The Labute approximate surface area is 101 Å². The topological polar surface area (TPSA) is 28.2 Å². The zero-order valence-electron chi connectivity index (χ0n) is 9.89. The standard InChI is InChI=1S/C14H17N3/c1-2-5-13-12(4-1)10-16-11-14(13)17-8-3-6-15-7-9-17/h1-2,4-5,10-11,15H,3,6-9H2. The first-order valence-corrected chi connectivity index (χ1v) is 6.23. The maximum atomic E-state index is 4.36. The minimum absolute atomic E-state index is 1.06. The summed E-state index contributed by atoms with van der Waals surface area (Å²) < 4.78 is 0. The van der Waals surface area contributed by atoms with E-state index in [4.69, 9.17) is 0 Å². The molecule has 0 spiro atoms. The fraction of sp³-hybridized carbons (Fsp3) is 0.357. The average Bonchev–Trinajstić information content (AvgIpc) is 2.67. The fourth-order valence-electron chi connectivity index (χ4n) is 2.44. The van der Waals surface area contributed by atoms with Crippen molar-refractivity contribution in [2.45, 2.75) is 6.42 Å². The summed E-state index contributed by atoms with van der Waals surface area (Å²) in [6, 6.07) is 8.48. The Bertz CT molecular complexity index is 496. The summed E-state index contributed by atoms with van der Waals surface area (Å²) >= 11 is 0. The monoisotopic (exact) mass is 227 g/mol. The van der Waals surface area contributed by atoms with Crippen LogP contribution < -0.4 is 10.2 Å². The van der Waals surface area contributed by atoms with Crippen LogP contribution in [0.4, 0.5) is 5.69 Å². The number of hydrogen-bond acceptors (Lipinski definition) is 3. The van der Waals surface area contributed by atoms with Gasteiger partial charge in [0, 0.05) is 36.6 Å². The molecule has 3 heteroatoms. The minimum Gasteiger partial charge on any atom is -0.368 e. The van der Waals surface area contributed by atoms with E-state index in [9.17, 15) is 0 Å². The van der Waals surface area contributed by atoms with Crippen molar-refractivity contribution in [3.63, 3.8) is 0 Å². The highest BCUT2D eigenvalue weighted by Gasteiger charge is 2.12. The van der Waals surface area contributed by atoms with Crippen molar-refractivity contribution in [3.05, 3.63) is 36.7 Å². The van der Waals surface area contributed by atoms with Gasteiger partial charge >= 0.3 is 0 Å². The molecular formula is C14H17N3. The van der Waals surface area contributed by atoms with Crippen molar-refractivity contribution >= 4 is 16.5 Å². The quantitative estimate of drug-likeness (QED) is 0.808. The number of pyridine rings is 1. The number of anilines is 1. The molecular weight excluding hydrogens is 210 g/mol. The summed E-state index contributed by atoms with van der Waals surface area (Å²) in [6.07, 6.45) is 5.13. The number of nitrogens with zero attached hydrogens (tertiary/aromatic N) is 2. The van der Waals surface area contributed by atoms with E-state index in [1.54, 1.807) is 0 Å². The van der Waals surface area contributed by atoms with Crippen molar-refractivity contribution < 1.29 is 0 Å². The first kappa shape index (κ1) is 10.5. The van der Waals surface area contributed by atoms with Crippen molar-refractivity contribution in [1.29, 1.82) is 0 Å². The molecule has 1 fully saturated rings. The molecule has 0 radical (unpaired) electrons. The summed E-state index contributed by atoms with van der Waals surface area (Å²) in [4.78, 5) is 6.80. The van der Waals surface area contributed by atoms with Crippen LogP contribution in [0.3, 0.4) is 0 Å². The van der Waals surface area contributed by atoms with Crippen molar-refractivity contribution in [2.24, 2.45) is 0 Å². The van der Waals surface area contributed by atoms with Crippen LogP contribution >= 0.6 is 0 Å². The number of aromatic nitrogens is 1. The minimum atomic E-state index is 1.06. The third-order valence-corrected chi connectivity index (χ3v) is 3.33. The SMILES string of the molecule is c1ccc2c(N3CCCNCC3)cncc2c1. The van der Waals surface area contributed by atoms with Gasteiger partial charge in [0.15, 0.2) is 0 Å². The van der Waals surface area contributed by atoms with E-state index in [1.165, 1.54) is 22.9 Å². The van der Waals surface area contributed by atoms with Gasteiger partial charge in [-0.1, -0.05) is 24.3 Å². The molecule has 0 atom stereocenters. The summed E-state index contributed by atoms with van der Waals surface area (Å²) in [7, 11) is 0. The van der Waals surface area contributed by atoms with Gasteiger partial charge in [0.1, 0.15) is 0 Å². The lowest BCUT2D eigenvalue weighted by atomic mass is 10.1. The number of fused-ring (bicyclic) bond motifs is 1. The lowest BCUT2D eigenvalue weighted by Crippen LogP contribution is -2.28. The second-order valence-corrected chi connectivity index (χ2v) is 4.47. The second-order valence-electron chi connectivity index (χ2n) is 4.47. The Morgan fingerprint density at radius 1 is 1.06 bits per heavy atom. The first-order valence-electron chi connectivity index (χ1n) is 6.23. The third-order valence-electron chi connectivity index (χ3n) is 3.33. The largest absolute Gasteiger partial charge is 0.368 e. The molecule has 1 aromatic heterocycles. The molecule has 3 nitrogen and oxygen atoms in total. The van der Waals surface area contributed by atoms with Gasteiger partial charge in [-0.15, -0.1) is 0 Å². The molecule has 1 N–H and O–H groups in total. The Balaban J connectivity index is 2.03. The Hall–Kier alpha value is -1.61. The van der Waals surface area contributed by atoms with E-state index < -0.39 is 0 Å². The molecule has 0 unspecified atom stereocenters. The van der Waals surface area contributed by atoms with Crippen LogP contribution in [0.1, 0.15) is 6.42 Å². The summed E-state index contributed by atoms with van der Waals surface area (Å²) in [5.74, 6) is 0. The van der Waals surface area contributed by atoms with Crippen LogP contribution in [-0.4, -0.2) is 31.2 Å². The highest BCUT2D eigenvalue weighted by molar-refractivity contribution is 5.93. The average molecular weight is 227 g/mol. The van der Waals surface area contributed by atoms with Gasteiger partial charge in [0.05, 0.1) is 11.9 Å². The van der Waals surface area contributed by atoms with Crippen LogP contribution in [0.25, 0.3) is 10.8 Å². The summed E-state index contributed by atoms with van der Waals surface area (Å²) in [6.45, 7) is 4.36. The van der Waals surface area contributed by atoms with Gasteiger partial charge in [-0.05, 0) is 13.0 Å². The van der Waals surface area contributed by atoms with Crippen LogP contribution in [0.2, 0.25) is 0 Å². The Kier molecular flexibility index (Phi) is 2.92. The number of rotatable bonds is 1. The predicted molar refractivity (Wildman–Crippen MR) is 71.4 cm³/mol. The van der Waals surface area contributed by atoms with Crippen LogP contribution in [0, 0.1) is 0 Å². The van der Waals surface area contributed by atoms with Crippen molar-refractivity contribution in [2.75, 3.05) is 31.1 Å². The van der Waals surface area contributed by atoms with Gasteiger partial charge in [-0.3, -0.25) is 4.98 Å². The van der Waals surface area contributed by atoms with E-state index in [0.29, 0.717) is 0 Å². The maximum absolute atomic E-state index is 4.36. The van der Waals surface area contributed by atoms with Gasteiger partial charge < -0.3 is 10.2 Å². The molecule has 0 aliphatic carbocycles. The number of nitrogens with one attached hydrogen (secondary N) is 1. The lowest BCUT2D eigenvalue weighted by molar-refractivity contribution is 0.724. The number of benzene rings is 1. The molecule has 1 aliphatic heterocycles.